The minimum absolute atomic E-state index is 0.141. The van der Waals surface area contributed by atoms with Crippen molar-refractivity contribution in [2.75, 3.05) is 6.26 Å². The highest BCUT2D eigenvalue weighted by atomic mass is 35.5. The molecule has 0 amide bonds. The molecule has 0 aliphatic heterocycles. The molecule has 0 aliphatic rings. The second kappa shape index (κ2) is 4.20. The molecule has 2 rings (SSSR count). The molecule has 1 aromatic heterocycles. The van der Waals surface area contributed by atoms with Gasteiger partial charge in [-0.25, -0.2) is 0 Å². The molecule has 5 heteroatoms. The first-order valence-electron chi connectivity index (χ1n) is 4.47. The van der Waals surface area contributed by atoms with Crippen LogP contribution in [0.4, 0.5) is 0 Å². The number of halogens is 1. The summed E-state index contributed by atoms with van der Waals surface area (Å²) < 4.78 is 0. The van der Waals surface area contributed by atoms with Crippen LogP contribution < -0.4 is 5.43 Å². The van der Waals surface area contributed by atoms with Crippen molar-refractivity contribution in [1.82, 2.24) is 4.98 Å². The van der Waals surface area contributed by atoms with Crippen molar-refractivity contribution < 1.29 is 0 Å². The molecule has 0 radical (unpaired) electrons. The molecule has 1 N–H and O–H groups in total. The van der Waals surface area contributed by atoms with Crippen LogP contribution >= 0.6 is 23.4 Å². The van der Waals surface area contributed by atoms with Crippen LogP contribution in [0.5, 0.6) is 0 Å². The van der Waals surface area contributed by atoms with Crippen molar-refractivity contribution in [1.29, 1.82) is 5.26 Å². The third-order valence-corrected chi connectivity index (χ3v) is 3.30. The second-order valence-electron chi connectivity index (χ2n) is 3.14. The Hall–Kier alpha value is -1.44. The highest BCUT2D eigenvalue weighted by Crippen LogP contribution is 2.23. The van der Waals surface area contributed by atoms with Crippen LogP contribution in [-0.4, -0.2) is 11.2 Å². The van der Waals surface area contributed by atoms with Crippen LogP contribution in [0.3, 0.4) is 0 Å². The summed E-state index contributed by atoms with van der Waals surface area (Å²) in [7, 11) is 0. The fraction of sp³-hybridized carbons (Fsp3) is 0.0909. The van der Waals surface area contributed by atoms with Gasteiger partial charge in [0.25, 0.3) is 0 Å². The Morgan fingerprint density at radius 1 is 1.50 bits per heavy atom. The lowest BCUT2D eigenvalue weighted by Crippen LogP contribution is -2.09. The maximum atomic E-state index is 12.0. The van der Waals surface area contributed by atoms with Crippen molar-refractivity contribution in [3.63, 3.8) is 0 Å². The zero-order valence-corrected chi connectivity index (χ0v) is 9.95. The number of nitrogens with one attached hydrogen (secondary N) is 1. The third-order valence-electron chi connectivity index (χ3n) is 2.27. The van der Waals surface area contributed by atoms with E-state index in [1.165, 1.54) is 11.8 Å². The van der Waals surface area contributed by atoms with Crippen molar-refractivity contribution in [3.8, 4) is 6.07 Å². The smallest absolute Gasteiger partial charge is 0.208 e. The number of para-hydroxylation sites is 1. The van der Waals surface area contributed by atoms with Crippen LogP contribution in [0, 0.1) is 11.3 Å². The van der Waals surface area contributed by atoms with Gasteiger partial charge in [0.1, 0.15) is 11.6 Å². The van der Waals surface area contributed by atoms with Gasteiger partial charge in [0.05, 0.1) is 15.6 Å². The van der Waals surface area contributed by atoms with Gasteiger partial charge >= 0.3 is 0 Å². The average Bonchev–Trinajstić information content (AvgIpc) is 2.30. The molecule has 0 fully saturated rings. The van der Waals surface area contributed by atoms with E-state index in [2.05, 4.69) is 4.98 Å². The second-order valence-corrected chi connectivity index (χ2v) is 4.36. The molecular formula is C11H7ClN2OS. The third kappa shape index (κ3) is 1.58. The quantitative estimate of drug-likeness (QED) is 0.792. The Balaban J connectivity index is 3.01. The van der Waals surface area contributed by atoms with Crippen molar-refractivity contribution in [2.24, 2.45) is 0 Å². The lowest BCUT2D eigenvalue weighted by atomic mass is 10.1. The van der Waals surface area contributed by atoms with Crippen molar-refractivity contribution in [3.05, 3.63) is 39.0 Å². The SMILES string of the molecule is CSc1[nH]c2c(Cl)cccc2c(=O)c1C#N. The molecule has 3 nitrogen and oxygen atoms in total. The van der Waals surface area contributed by atoms with E-state index in [1.54, 1.807) is 24.5 Å². The molecule has 0 unspecified atom stereocenters. The van der Waals surface area contributed by atoms with E-state index in [4.69, 9.17) is 16.9 Å². The van der Waals surface area contributed by atoms with Gasteiger partial charge < -0.3 is 4.98 Å². The van der Waals surface area contributed by atoms with E-state index in [0.29, 0.717) is 21.0 Å². The number of pyridine rings is 1. The van der Waals surface area contributed by atoms with Crippen LogP contribution in [0.2, 0.25) is 5.02 Å². The predicted octanol–water partition coefficient (Wildman–Crippen LogP) is 2.78. The lowest BCUT2D eigenvalue weighted by Gasteiger charge is -2.05. The zero-order chi connectivity index (χ0) is 11.7. The molecule has 0 bridgehead atoms. The van der Waals surface area contributed by atoms with E-state index in [1.807, 2.05) is 6.07 Å². The summed E-state index contributed by atoms with van der Waals surface area (Å²) in [5.41, 5.74) is 0.447. The number of H-pyrrole nitrogens is 1. The molecule has 80 valence electrons. The number of benzene rings is 1. The van der Waals surface area contributed by atoms with E-state index < -0.39 is 0 Å². The Morgan fingerprint density at radius 3 is 2.88 bits per heavy atom. The summed E-state index contributed by atoms with van der Waals surface area (Å²) >= 11 is 7.31. The number of aromatic amines is 1. The topological polar surface area (TPSA) is 56.6 Å². The largest absolute Gasteiger partial charge is 0.347 e. The van der Waals surface area contributed by atoms with E-state index >= 15 is 0 Å². The molecule has 0 spiro atoms. The first kappa shape index (κ1) is 11.1. The Morgan fingerprint density at radius 2 is 2.25 bits per heavy atom. The average molecular weight is 251 g/mol. The molecule has 0 saturated heterocycles. The number of rotatable bonds is 1. The van der Waals surface area contributed by atoms with E-state index in [-0.39, 0.29) is 11.0 Å². The molecule has 16 heavy (non-hydrogen) atoms. The fourth-order valence-electron chi connectivity index (χ4n) is 1.51. The Kier molecular flexibility index (Phi) is 2.90. The number of fused-ring (bicyclic) bond motifs is 1. The minimum Gasteiger partial charge on any atom is -0.347 e. The van der Waals surface area contributed by atoms with Gasteiger partial charge in [-0.05, 0) is 18.4 Å². The Labute approximate surface area is 101 Å². The van der Waals surface area contributed by atoms with Gasteiger partial charge in [0.15, 0.2) is 0 Å². The fourth-order valence-corrected chi connectivity index (χ4v) is 2.28. The number of thioether (sulfide) groups is 1. The highest BCUT2D eigenvalue weighted by Gasteiger charge is 2.12. The highest BCUT2D eigenvalue weighted by molar-refractivity contribution is 7.98. The zero-order valence-electron chi connectivity index (χ0n) is 8.37. The first-order valence-corrected chi connectivity index (χ1v) is 6.08. The summed E-state index contributed by atoms with van der Waals surface area (Å²) in [6.45, 7) is 0. The molecule has 0 atom stereocenters. The van der Waals surface area contributed by atoms with Crippen LogP contribution in [0.25, 0.3) is 10.9 Å². The molecule has 0 aliphatic carbocycles. The minimum atomic E-state index is -0.275. The van der Waals surface area contributed by atoms with E-state index in [0.717, 1.165) is 0 Å². The maximum Gasteiger partial charge on any atom is 0.208 e. The van der Waals surface area contributed by atoms with Crippen LogP contribution in [-0.2, 0) is 0 Å². The number of nitrogens with zero attached hydrogens (tertiary/aromatic N) is 1. The standard InChI is InChI=1S/C11H7ClN2OS/c1-16-11-7(5-13)10(15)6-3-2-4-8(12)9(6)14-11/h2-4H,1H3,(H,14,15). The summed E-state index contributed by atoms with van der Waals surface area (Å²) in [4.78, 5) is 15.0. The Bertz CT molecular complexity index is 657. The number of aromatic nitrogens is 1. The van der Waals surface area contributed by atoms with Crippen molar-refractivity contribution in [2.45, 2.75) is 5.03 Å². The van der Waals surface area contributed by atoms with Gasteiger partial charge in [0, 0.05) is 5.39 Å². The summed E-state index contributed by atoms with van der Waals surface area (Å²) in [5, 5.41) is 10.4. The molecular weight excluding hydrogens is 244 g/mol. The first-order chi connectivity index (χ1) is 7.69. The number of hydrogen-bond donors (Lipinski definition) is 1. The predicted molar refractivity (Wildman–Crippen MR) is 66.1 cm³/mol. The number of nitriles is 1. The molecule has 2 aromatic rings. The van der Waals surface area contributed by atoms with Crippen LogP contribution in [0.1, 0.15) is 5.56 Å². The lowest BCUT2D eigenvalue weighted by molar-refractivity contribution is 1.15. The van der Waals surface area contributed by atoms with E-state index in [9.17, 15) is 4.79 Å². The summed E-state index contributed by atoms with van der Waals surface area (Å²) in [6.07, 6.45) is 1.80. The van der Waals surface area contributed by atoms with Crippen LogP contribution in [0.15, 0.2) is 28.0 Å². The van der Waals surface area contributed by atoms with Gasteiger partial charge in [-0.15, -0.1) is 11.8 Å². The van der Waals surface area contributed by atoms with Gasteiger partial charge in [-0.1, -0.05) is 17.7 Å². The normalized spacial score (nSPS) is 10.3. The molecule has 0 saturated carbocycles. The monoisotopic (exact) mass is 250 g/mol. The van der Waals surface area contributed by atoms with Gasteiger partial charge in [0.2, 0.25) is 5.43 Å². The summed E-state index contributed by atoms with van der Waals surface area (Å²) in [6, 6.07) is 6.98. The van der Waals surface area contributed by atoms with Gasteiger partial charge in [-0.3, -0.25) is 4.79 Å². The van der Waals surface area contributed by atoms with Crippen molar-refractivity contribution >= 4 is 34.3 Å². The number of hydrogen-bond acceptors (Lipinski definition) is 3. The van der Waals surface area contributed by atoms with Gasteiger partial charge in [-0.2, -0.15) is 5.26 Å². The maximum absolute atomic E-state index is 12.0. The summed E-state index contributed by atoms with van der Waals surface area (Å²) in [5.74, 6) is 0. The molecule has 1 aromatic carbocycles. The molecule has 1 heterocycles.